The lowest BCUT2D eigenvalue weighted by molar-refractivity contribution is -0.137. The third-order valence-electron chi connectivity index (χ3n) is 2.95. The molecule has 8 heteroatoms. The van der Waals surface area contributed by atoms with Crippen molar-refractivity contribution < 1.29 is 13.2 Å². The lowest BCUT2D eigenvalue weighted by Gasteiger charge is -2.18. The van der Waals surface area contributed by atoms with E-state index in [1.54, 1.807) is 7.05 Å². The van der Waals surface area contributed by atoms with E-state index in [2.05, 4.69) is 10.5 Å². The van der Waals surface area contributed by atoms with Gasteiger partial charge in [0.2, 0.25) is 0 Å². The first-order valence-corrected chi connectivity index (χ1v) is 6.03. The Hall–Kier alpha value is -1.57. The van der Waals surface area contributed by atoms with Crippen LogP contribution >= 0.6 is 11.6 Å². The van der Waals surface area contributed by atoms with Crippen LogP contribution in [0, 0.1) is 0 Å². The molecule has 0 fully saturated rings. The minimum atomic E-state index is -4.37. The Labute approximate surface area is 118 Å². The minimum absolute atomic E-state index is 0.385. The Morgan fingerprint density at radius 2 is 1.90 bits per heavy atom. The summed E-state index contributed by atoms with van der Waals surface area (Å²) in [5.74, 6) is 5.49. The summed E-state index contributed by atoms with van der Waals surface area (Å²) in [5, 5.41) is 4.36. The number of hydrazine groups is 1. The molecule has 1 aromatic heterocycles. The number of rotatable bonds is 3. The number of aryl methyl sites for hydroxylation is 1. The predicted molar refractivity (Wildman–Crippen MR) is 68.8 cm³/mol. The Kier molecular flexibility index (Phi) is 4.03. The highest BCUT2D eigenvalue weighted by Gasteiger charge is 2.30. The van der Waals surface area contributed by atoms with E-state index in [-0.39, 0.29) is 0 Å². The van der Waals surface area contributed by atoms with Crippen molar-refractivity contribution in [2.75, 3.05) is 0 Å². The van der Waals surface area contributed by atoms with Gasteiger partial charge in [-0.3, -0.25) is 10.5 Å². The van der Waals surface area contributed by atoms with Crippen molar-refractivity contribution in [2.24, 2.45) is 12.9 Å². The fourth-order valence-electron chi connectivity index (χ4n) is 1.94. The second kappa shape index (κ2) is 5.43. The number of nitrogens with two attached hydrogens (primary N) is 1. The van der Waals surface area contributed by atoms with Gasteiger partial charge in [0.25, 0.3) is 0 Å². The first kappa shape index (κ1) is 14.8. The van der Waals surface area contributed by atoms with E-state index in [1.807, 2.05) is 0 Å². The van der Waals surface area contributed by atoms with Crippen molar-refractivity contribution in [3.05, 3.63) is 52.3 Å². The first-order valence-electron chi connectivity index (χ1n) is 5.65. The standard InChI is InChI=1S/C12H12ClF3N4/c1-20-11(9(13)6-18-20)10(19-17)7-2-4-8(5-3-7)12(14,15)16/h2-6,10,19H,17H2,1H3. The molecule has 2 rings (SSSR count). The minimum Gasteiger partial charge on any atom is -0.271 e. The highest BCUT2D eigenvalue weighted by atomic mass is 35.5. The van der Waals surface area contributed by atoms with Crippen LogP contribution in [0.25, 0.3) is 0 Å². The Bertz CT molecular complexity index is 572. The van der Waals surface area contributed by atoms with Crippen LogP contribution in [-0.2, 0) is 13.2 Å². The predicted octanol–water partition coefficient (Wildman–Crippen LogP) is 2.65. The highest BCUT2D eigenvalue weighted by molar-refractivity contribution is 6.31. The monoisotopic (exact) mass is 304 g/mol. The summed E-state index contributed by atoms with van der Waals surface area (Å²) in [4.78, 5) is 0. The summed E-state index contributed by atoms with van der Waals surface area (Å²) in [6, 6.07) is 4.18. The smallest absolute Gasteiger partial charge is 0.271 e. The van der Waals surface area contributed by atoms with Crippen LogP contribution in [0.15, 0.2) is 30.5 Å². The third kappa shape index (κ3) is 2.79. The Morgan fingerprint density at radius 1 is 1.30 bits per heavy atom. The van der Waals surface area contributed by atoms with Crippen LogP contribution in [0.4, 0.5) is 13.2 Å². The van der Waals surface area contributed by atoms with Crippen molar-refractivity contribution >= 4 is 11.6 Å². The Morgan fingerprint density at radius 3 is 2.30 bits per heavy atom. The summed E-state index contributed by atoms with van der Waals surface area (Å²) in [5.41, 5.74) is 2.96. The molecule has 0 saturated carbocycles. The molecule has 0 radical (unpaired) electrons. The molecule has 0 bridgehead atoms. The first-order chi connectivity index (χ1) is 9.34. The van der Waals surface area contributed by atoms with E-state index >= 15 is 0 Å². The summed E-state index contributed by atoms with van der Waals surface area (Å²) in [6.45, 7) is 0. The molecule has 1 atom stereocenters. The number of benzene rings is 1. The van der Waals surface area contributed by atoms with Gasteiger partial charge < -0.3 is 0 Å². The third-order valence-corrected chi connectivity index (χ3v) is 3.24. The SMILES string of the molecule is Cn1ncc(Cl)c1C(NN)c1ccc(C(F)(F)F)cc1. The lowest BCUT2D eigenvalue weighted by atomic mass is 10.0. The van der Waals surface area contributed by atoms with Crippen molar-refractivity contribution in [2.45, 2.75) is 12.2 Å². The zero-order valence-electron chi connectivity index (χ0n) is 10.4. The second-order valence-electron chi connectivity index (χ2n) is 4.22. The average molecular weight is 305 g/mol. The molecule has 0 aliphatic heterocycles. The lowest BCUT2D eigenvalue weighted by Crippen LogP contribution is -2.30. The van der Waals surface area contributed by atoms with Crippen molar-refractivity contribution in [1.82, 2.24) is 15.2 Å². The van der Waals surface area contributed by atoms with Crippen molar-refractivity contribution in [3.63, 3.8) is 0 Å². The zero-order chi connectivity index (χ0) is 14.9. The molecule has 0 amide bonds. The number of alkyl halides is 3. The molecule has 0 saturated heterocycles. The number of hydrogen-bond donors (Lipinski definition) is 2. The van der Waals surface area contributed by atoms with Crippen LogP contribution in [0.5, 0.6) is 0 Å². The highest BCUT2D eigenvalue weighted by Crippen LogP contribution is 2.32. The van der Waals surface area contributed by atoms with Crippen LogP contribution in [-0.4, -0.2) is 9.78 Å². The molecule has 0 aliphatic carbocycles. The van der Waals surface area contributed by atoms with Crippen LogP contribution in [0.1, 0.15) is 22.9 Å². The summed E-state index contributed by atoms with van der Waals surface area (Å²) in [7, 11) is 1.68. The van der Waals surface area contributed by atoms with Gasteiger partial charge in [0.1, 0.15) is 0 Å². The fraction of sp³-hybridized carbons (Fsp3) is 0.250. The topological polar surface area (TPSA) is 55.9 Å². The maximum Gasteiger partial charge on any atom is 0.416 e. The van der Waals surface area contributed by atoms with E-state index in [0.29, 0.717) is 16.3 Å². The van der Waals surface area contributed by atoms with E-state index in [9.17, 15) is 13.2 Å². The van der Waals surface area contributed by atoms with Crippen LogP contribution < -0.4 is 11.3 Å². The molecule has 4 nitrogen and oxygen atoms in total. The van der Waals surface area contributed by atoms with Crippen LogP contribution in [0.3, 0.4) is 0 Å². The molecule has 20 heavy (non-hydrogen) atoms. The number of hydrogen-bond acceptors (Lipinski definition) is 3. The van der Waals surface area contributed by atoms with E-state index in [4.69, 9.17) is 17.4 Å². The molecule has 3 N–H and O–H groups in total. The molecule has 0 spiro atoms. The van der Waals surface area contributed by atoms with Gasteiger partial charge in [-0.1, -0.05) is 23.7 Å². The molecule has 108 valence electrons. The van der Waals surface area contributed by atoms with Gasteiger partial charge in [0.05, 0.1) is 28.5 Å². The normalized spacial score (nSPS) is 13.5. The van der Waals surface area contributed by atoms with E-state index < -0.39 is 17.8 Å². The quantitative estimate of drug-likeness (QED) is 0.677. The molecule has 1 heterocycles. The van der Waals surface area contributed by atoms with Crippen molar-refractivity contribution in [1.29, 1.82) is 0 Å². The Balaban J connectivity index is 2.38. The number of halogens is 4. The number of nitrogens with one attached hydrogen (secondary N) is 1. The molecule has 2 aromatic rings. The number of aromatic nitrogens is 2. The zero-order valence-corrected chi connectivity index (χ0v) is 11.2. The van der Waals surface area contributed by atoms with E-state index in [0.717, 1.165) is 12.1 Å². The van der Waals surface area contributed by atoms with Gasteiger partial charge in [0.15, 0.2) is 0 Å². The molecule has 1 aromatic carbocycles. The molecule has 0 aliphatic rings. The second-order valence-corrected chi connectivity index (χ2v) is 4.63. The van der Waals surface area contributed by atoms with Crippen LogP contribution in [0.2, 0.25) is 5.02 Å². The van der Waals surface area contributed by atoms with Crippen molar-refractivity contribution in [3.8, 4) is 0 Å². The summed E-state index contributed by atoms with van der Waals surface area (Å²) >= 11 is 6.01. The van der Waals surface area contributed by atoms with Gasteiger partial charge in [-0.2, -0.15) is 18.3 Å². The fourth-order valence-corrected chi connectivity index (χ4v) is 2.22. The average Bonchev–Trinajstić information content (AvgIpc) is 2.71. The van der Waals surface area contributed by atoms with Gasteiger partial charge in [-0.05, 0) is 17.7 Å². The van der Waals surface area contributed by atoms with Gasteiger partial charge >= 0.3 is 6.18 Å². The molecular formula is C12H12ClF3N4. The van der Waals surface area contributed by atoms with Gasteiger partial charge in [-0.15, -0.1) is 0 Å². The summed E-state index contributed by atoms with van der Waals surface area (Å²) in [6.07, 6.45) is -2.92. The maximum atomic E-state index is 12.5. The molecular weight excluding hydrogens is 293 g/mol. The van der Waals surface area contributed by atoms with E-state index in [1.165, 1.54) is 23.0 Å². The van der Waals surface area contributed by atoms with Gasteiger partial charge in [-0.25, -0.2) is 5.43 Å². The van der Waals surface area contributed by atoms with Gasteiger partial charge in [0, 0.05) is 7.05 Å². The number of nitrogens with zero attached hydrogens (tertiary/aromatic N) is 2. The summed E-state index contributed by atoms with van der Waals surface area (Å²) < 4.78 is 39.1. The maximum absolute atomic E-state index is 12.5. The largest absolute Gasteiger partial charge is 0.416 e. The molecule has 1 unspecified atom stereocenters.